The second kappa shape index (κ2) is 7.40. The van der Waals surface area contributed by atoms with E-state index in [4.69, 9.17) is 4.42 Å². The number of hydrogen-bond acceptors (Lipinski definition) is 5. The van der Waals surface area contributed by atoms with Gasteiger partial charge in [0.2, 0.25) is 11.8 Å². The number of benzene rings is 1. The Morgan fingerprint density at radius 2 is 1.92 bits per heavy atom. The lowest BCUT2D eigenvalue weighted by Crippen LogP contribution is -2.38. The number of aromatic nitrogens is 2. The minimum absolute atomic E-state index is 0.0345. The van der Waals surface area contributed by atoms with Gasteiger partial charge in [-0.05, 0) is 38.1 Å². The first-order chi connectivity index (χ1) is 12.3. The molecule has 10 heteroatoms. The van der Waals surface area contributed by atoms with E-state index in [1.54, 1.807) is 6.07 Å². The second-order valence-corrected chi connectivity index (χ2v) is 6.02. The summed E-state index contributed by atoms with van der Waals surface area (Å²) in [5.74, 6) is -2.53. The summed E-state index contributed by atoms with van der Waals surface area (Å²) in [5, 5.41) is 9.01. The fraction of sp³-hybridized carbons (Fsp3) is 0.438. The summed E-state index contributed by atoms with van der Waals surface area (Å²) in [4.78, 5) is 13.9. The quantitative estimate of drug-likeness (QED) is 0.836. The third-order valence-corrected chi connectivity index (χ3v) is 4.14. The maximum atomic E-state index is 13.5. The zero-order chi connectivity index (χ0) is 18.7. The van der Waals surface area contributed by atoms with Crippen molar-refractivity contribution in [3.63, 3.8) is 0 Å². The topological polar surface area (TPSA) is 71.3 Å². The molecule has 0 unspecified atom stereocenters. The molecule has 1 aliphatic rings. The van der Waals surface area contributed by atoms with Crippen LogP contribution in [0.3, 0.4) is 0 Å². The third kappa shape index (κ3) is 4.37. The van der Waals surface area contributed by atoms with Gasteiger partial charge >= 0.3 is 12.1 Å². The lowest BCUT2D eigenvalue weighted by atomic mass is 9.97. The summed E-state index contributed by atoms with van der Waals surface area (Å²) in [6.45, 7) is 1.04. The number of carbonyl (C=O) groups is 1. The van der Waals surface area contributed by atoms with Gasteiger partial charge in [-0.1, -0.05) is 12.1 Å². The molecule has 6 nitrogen and oxygen atoms in total. The minimum Gasteiger partial charge on any atom is -0.417 e. The number of amides is 1. The van der Waals surface area contributed by atoms with E-state index in [0.29, 0.717) is 25.9 Å². The molecular formula is C16H16F4N4O2. The lowest BCUT2D eigenvalue weighted by Gasteiger charge is -2.29. The van der Waals surface area contributed by atoms with Crippen LogP contribution >= 0.6 is 0 Å². The monoisotopic (exact) mass is 372 g/mol. The summed E-state index contributed by atoms with van der Waals surface area (Å²) in [5.41, 5.74) is 0.109. The summed E-state index contributed by atoms with van der Waals surface area (Å²) < 4.78 is 55.7. The summed E-state index contributed by atoms with van der Waals surface area (Å²) in [6, 6.07) is 5.86. The Bertz CT molecular complexity index is 770. The molecule has 0 spiro atoms. The van der Waals surface area contributed by atoms with Gasteiger partial charge in [0, 0.05) is 5.92 Å². The summed E-state index contributed by atoms with van der Waals surface area (Å²) >= 11 is 0. The van der Waals surface area contributed by atoms with Crippen molar-refractivity contribution in [3.8, 4) is 0 Å². The van der Waals surface area contributed by atoms with Gasteiger partial charge in [-0.25, -0.2) is 4.39 Å². The van der Waals surface area contributed by atoms with Gasteiger partial charge in [0.1, 0.15) is 5.82 Å². The Labute approximate surface area is 146 Å². The third-order valence-electron chi connectivity index (χ3n) is 4.14. The van der Waals surface area contributed by atoms with Crippen LogP contribution in [0.2, 0.25) is 0 Å². The molecule has 0 saturated carbocycles. The summed E-state index contributed by atoms with van der Waals surface area (Å²) in [7, 11) is 0. The average molecular weight is 372 g/mol. The lowest BCUT2D eigenvalue weighted by molar-refractivity contribution is -0.157. The molecule has 140 valence electrons. The molecule has 26 heavy (non-hydrogen) atoms. The van der Waals surface area contributed by atoms with Crippen LogP contribution in [-0.4, -0.2) is 40.6 Å². The van der Waals surface area contributed by atoms with E-state index in [0.717, 1.165) is 0 Å². The van der Waals surface area contributed by atoms with E-state index < -0.39 is 17.9 Å². The standard InChI is InChI=1S/C16H16F4N4O2/c17-11-3-1-2-4-12(11)21-13(25)9-24-7-5-10(6-8-24)14-22-23-15(26-14)16(18,19)20/h1-4,10H,5-9H2,(H,21,25). The number of alkyl halides is 3. The number of hydrogen-bond donors (Lipinski definition) is 1. The van der Waals surface area contributed by atoms with Crippen LogP contribution in [-0.2, 0) is 11.0 Å². The van der Waals surface area contributed by atoms with E-state index in [1.165, 1.54) is 18.2 Å². The molecule has 2 aromatic rings. The average Bonchev–Trinajstić information content (AvgIpc) is 3.08. The number of carbonyl (C=O) groups excluding carboxylic acids is 1. The number of nitrogens with one attached hydrogen (secondary N) is 1. The maximum absolute atomic E-state index is 13.5. The number of para-hydroxylation sites is 1. The van der Waals surface area contributed by atoms with Crippen LogP contribution in [0.25, 0.3) is 0 Å². The SMILES string of the molecule is O=C(CN1CCC(c2nnc(C(F)(F)F)o2)CC1)Nc1ccccc1F. The van der Waals surface area contributed by atoms with Crippen molar-refractivity contribution < 1.29 is 26.8 Å². The molecule has 0 aliphatic carbocycles. The number of anilines is 1. The molecule has 0 atom stereocenters. The smallest absolute Gasteiger partial charge is 0.417 e. The van der Waals surface area contributed by atoms with Crippen molar-refractivity contribution in [2.75, 3.05) is 25.0 Å². The fourth-order valence-corrected chi connectivity index (χ4v) is 2.81. The highest BCUT2D eigenvalue weighted by molar-refractivity contribution is 5.92. The van der Waals surface area contributed by atoms with Crippen molar-refractivity contribution in [1.29, 1.82) is 0 Å². The molecule has 0 bridgehead atoms. The Balaban J connectivity index is 1.50. The van der Waals surface area contributed by atoms with Gasteiger partial charge in [0.25, 0.3) is 0 Å². The van der Waals surface area contributed by atoms with Gasteiger partial charge in [0.05, 0.1) is 12.2 Å². The number of halogens is 4. The van der Waals surface area contributed by atoms with Gasteiger partial charge in [-0.3, -0.25) is 9.69 Å². The van der Waals surface area contributed by atoms with Crippen LogP contribution in [0, 0.1) is 5.82 Å². The predicted molar refractivity (Wildman–Crippen MR) is 82.7 cm³/mol. The Morgan fingerprint density at radius 3 is 2.54 bits per heavy atom. The molecule has 1 saturated heterocycles. The molecule has 0 radical (unpaired) electrons. The Morgan fingerprint density at radius 1 is 1.23 bits per heavy atom. The largest absolute Gasteiger partial charge is 0.470 e. The Hall–Kier alpha value is -2.49. The first-order valence-electron chi connectivity index (χ1n) is 8.00. The first-order valence-corrected chi connectivity index (χ1v) is 8.00. The van der Waals surface area contributed by atoms with Gasteiger partial charge in [0.15, 0.2) is 0 Å². The van der Waals surface area contributed by atoms with E-state index in [9.17, 15) is 22.4 Å². The Kier molecular flexibility index (Phi) is 5.21. The van der Waals surface area contributed by atoms with Crippen LogP contribution < -0.4 is 5.32 Å². The van der Waals surface area contributed by atoms with Gasteiger partial charge in [-0.2, -0.15) is 13.2 Å². The molecule has 1 aromatic carbocycles. The highest BCUT2D eigenvalue weighted by Gasteiger charge is 2.39. The van der Waals surface area contributed by atoms with Crippen LogP contribution in [0.5, 0.6) is 0 Å². The van der Waals surface area contributed by atoms with Crippen molar-refractivity contribution in [3.05, 3.63) is 41.9 Å². The molecule has 1 amide bonds. The van der Waals surface area contributed by atoms with Crippen molar-refractivity contribution in [1.82, 2.24) is 15.1 Å². The highest BCUT2D eigenvalue weighted by Crippen LogP contribution is 2.32. The van der Waals surface area contributed by atoms with Crippen molar-refractivity contribution in [2.45, 2.75) is 24.9 Å². The van der Waals surface area contributed by atoms with E-state index >= 15 is 0 Å². The molecule has 1 aromatic heterocycles. The van der Waals surface area contributed by atoms with E-state index in [2.05, 4.69) is 15.5 Å². The van der Waals surface area contributed by atoms with E-state index in [-0.39, 0.29) is 29.9 Å². The van der Waals surface area contributed by atoms with Crippen molar-refractivity contribution in [2.24, 2.45) is 0 Å². The molecule has 1 fully saturated rings. The van der Waals surface area contributed by atoms with Crippen LogP contribution in [0.1, 0.15) is 30.5 Å². The minimum atomic E-state index is -4.66. The van der Waals surface area contributed by atoms with Gasteiger partial charge < -0.3 is 9.73 Å². The zero-order valence-electron chi connectivity index (χ0n) is 13.6. The zero-order valence-corrected chi connectivity index (χ0v) is 13.6. The number of nitrogens with zero attached hydrogens (tertiary/aromatic N) is 3. The fourth-order valence-electron chi connectivity index (χ4n) is 2.81. The molecule has 1 N–H and O–H groups in total. The maximum Gasteiger partial charge on any atom is 0.470 e. The second-order valence-electron chi connectivity index (χ2n) is 6.02. The van der Waals surface area contributed by atoms with Crippen LogP contribution in [0.4, 0.5) is 23.2 Å². The van der Waals surface area contributed by atoms with E-state index in [1.807, 2.05) is 4.90 Å². The number of piperidine rings is 1. The number of likely N-dealkylation sites (tertiary alicyclic amines) is 1. The normalized spacial score (nSPS) is 16.6. The predicted octanol–water partition coefficient (Wildman–Crippen LogP) is 3.05. The van der Waals surface area contributed by atoms with Crippen molar-refractivity contribution >= 4 is 11.6 Å². The summed E-state index contributed by atoms with van der Waals surface area (Å²) in [6.07, 6.45) is -3.67. The van der Waals surface area contributed by atoms with Gasteiger partial charge in [-0.15, -0.1) is 10.2 Å². The molecule has 2 heterocycles. The highest BCUT2D eigenvalue weighted by atomic mass is 19.4. The molecule has 3 rings (SSSR count). The molecule has 1 aliphatic heterocycles. The molecular weight excluding hydrogens is 356 g/mol. The van der Waals surface area contributed by atoms with Crippen LogP contribution in [0.15, 0.2) is 28.7 Å². The first kappa shape index (κ1) is 18.3. The number of rotatable bonds is 4.